The number of allylic oxidation sites excluding steroid dienone is 1. The van der Waals surface area contributed by atoms with Crippen LogP contribution in [0.5, 0.6) is 5.75 Å². The summed E-state index contributed by atoms with van der Waals surface area (Å²) in [7, 11) is 1.59. The molecular weight excluding hydrogens is 511 g/mol. The van der Waals surface area contributed by atoms with Crippen molar-refractivity contribution in [3.05, 3.63) is 89.3 Å². The van der Waals surface area contributed by atoms with Crippen LogP contribution in [-0.4, -0.2) is 28.1 Å². The first kappa shape index (κ1) is 28.8. The average molecular weight is 538 g/mol. The third-order valence-electron chi connectivity index (χ3n) is 5.28. The molecule has 0 radical (unpaired) electrons. The minimum atomic E-state index is -2.96. The van der Waals surface area contributed by atoms with E-state index in [0.29, 0.717) is 16.1 Å². The minimum Gasteiger partial charge on any atom is -0.870 e. The first-order valence-electron chi connectivity index (χ1n) is 10.9. The Balaban J connectivity index is 0.00000456. The van der Waals surface area contributed by atoms with Gasteiger partial charge in [0, 0.05) is 0 Å². The van der Waals surface area contributed by atoms with Gasteiger partial charge in [0.25, 0.3) is 0 Å². The molecule has 3 N–H and O–H groups in total. The fourth-order valence-corrected chi connectivity index (χ4v) is 3.74. The normalized spacial score (nSPS) is 11.4. The summed E-state index contributed by atoms with van der Waals surface area (Å²) in [6.07, 6.45) is 4.02. The zero-order valence-electron chi connectivity index (χ0n) is 20.3. The van der Waals surface area contributed by atoms with Crippen LogP contribution in [0.3, 0.4) is 0 Å². The Hall–Kier alpha value is -3.42. The average Bonchev–Trinajstić information content (AvgIpc) is 2.83. The second kappa shape index (κ2) is 12.5. The minimum absolute atomic E-state index is 0. The number of hydrogen-bond acceptors (Lipinski definition) is 5. The molecule has 0 unspecified atom stereocenters. The zero-order valence-corrected chi connectivity index (χ0v) is 21.3. The number of benzene rings is 2. The molecule has 0 bridgehead atoms. The third kappa shape index (κ3) is 7.06. The molecule has 3 aromatic rings. The fraction of sp³-hybridized carbons (Fsp3) is 0.222. The Morgan fingerprint density at radius 1 is 1.17 bits per heavy atom. The fourth-order valence-electron chi connectivity index (χ4n) is 3.41. The zero-order chi connectivity index (χ0) is 25.6. The number of nitrogens with one attached hydrogen (secondary N) is 2. The van der Waals surface area contributed by atoms with Gasteiger partial charge in [-0.15, -0.1) is 0 Å². The molecule has 1 heterocycles. The van der Waals surface area contributed by atoms with Crippen molar-refractivity contribution in [3.8, 4) is 17.0 Å². The third-order valence-corrected chi connectivity index (χ3v) is 5.69. The van der Waals surface area contributed by atoms with Crippen molar-refractivity contribution in [2.24, 2.45) is 0 Å². The summed E-state index contributed by atoms with van der Waals surface area (Å²) >= 11 is 5.16. The topological polar surface area (TPSA) is 93.2 Å². The van der Waals surface area contributed by atoms with Gasteiger partial charge in [0.05, 0.1) is 0 Å². The number of hydrogen-bond donors (Lipinski definition) is 2. The molecule has 0 aliphatic rings. The number of anilines is 1. The van der Waals surface area contributed by atoms with E-state index in [0.717, 1.165) is 22.4 Å². The summed E-state index contributed by atoms with van der Waals surface area (Å²) in [5.41, 5.74) is 3.79. The van der Waals surface area contributed by atoms with Crippen molar-refractivity contribution in [1.29, 1.82) is 0 Å². The van der Waals surface area contributed by atoms with Crippen LogP contribution in [0.2, 0.25) is 0 Å². The number of rotatable bonds is 9. The number of carbonyl (C=O) groups excluding carboxylic acids is 1. The number of amides is 1. The van der Waals surface area contributed by atoms with Crippen LogP contribution in [0.4, 0.5) is 14.5 Å². The summed E-state index contributed by atoms with van der Waals surface area (Å²) < 4.78 is 33.8. The van der Waals surface area contributed by atoms with Gasteiger partial charge >= 0.3 is 212 Å². The number of halogens is 2. The number of aryl methyl sites for hydroxylation is 1. The number of ether oxygens (including phenoxy) is 1. The van der Waals surface area contributed by atoms with Gasteiger partial charge < -0.3 is 5.48 Å². The van der Waals surface area contributed by atoms with Crippen molar-refractivity contribution in [2.75, 3.05) is 12.4 Å². The molecule has 6 nitrogen and oxygen atoms in total. The van der Waals surface area contributed by atoms with Crippen LogP contribution in [0.15, 0.2) is 66.5 Å². The number of nitrogens with zero attached hydrogens (tertiary/aromatic N) is 1. The van der Waals surface area contributed by atoms with Crippen LogP contribution in [0, 0.1) is 13.0 Å². The molecule has 0 aliphatic carbocycles. The standard InChI is InChI=1S/C27H26F2N3O2.Ni.H2O/c1-5-27(28,29)21-9-6-10-22(16-21)32-25(33)14-19(3)31-17-20-11-12-24(34-4)23(15-20)26-18(2)8-7-13-30-26;;/h6-13,15-16,31H,5H2,1-4H3,(H,32,33);;1H2/q-1;;/p-1. The Labute approximate surface area is 217 Å². The van der Waals surface area contributed by atoms with Gasteiger partial charge in [0.1, 0.15) is 0 Å². The van der Waals surface area contributed by atoms with Crippen molar-refractivity contribution in [2.45, 2.75) is 33.1 Å². The largest absolute Gasteiger partial charge is 0.870 e. The second-order valence-electron chi connectivity index (χ2n) is 7.84. The Bertz CT molecular complexity index is 1280. The number of aromatic nitrogens is 1. The molecule has 9 heteroatoms. The molecule has 36 heavy (non-hydrogen) atoms. The van der Waals surface area contributed by atoms with Gasteiger partial charge in [-0.25, -0.2) is 0 Å². The molecule has 1 amide bonds. The van der Waals surface area contributed by atoms with E-state index >= 15 is 0 Å². The van der Waals surface area contributed by atoms with E-state index in [4.69, 9.17) is 19.8 Å². The first-order chi connectivity index (χ1) is 16.6. The van der Waals surface area contributed by atoms with Crippen LogP contribution in [0.25, 0.3) is 11.3 Å². The van der Waals surface area contributed by atoms with Crippen molar-refractivity contribution >= 4 is 16.2 Å². The molecule has 3 rings (SSSR count). The first-order valence-corrected chi connectivity index (χ1v) is 11.4. The number of carbonyl (C=O) groups is 1. The van der Waals surface area contributed by atoms with E-state index in [1.807, 2.05) is 37.3 Å². The number of pyridine rings is 1. The van der Waals surface area contributed by atoms with Gasteiger partial charge in [-0.05, 0) is 0 Å². The predicted molar refractivity (Wildman–Crippen MR) is 132 cm³/mol. The van der Waals surface area contributed by atoms with E-state index in [2.05, 4.69) is 21.7 Å². The van der Waals surface area contributed by atoms with Gasteiger partial charge in [0.15, 0.2) is 0 Å². The predicted octanol–water partition coefficient (Wildman–Crippen LogP) is 5.35. The van der Waals surface area contributed by atoms with Crippen molar-refractivity contribution < 1.29 is 38.8 Å². The molecule has 1 aromatic heterocycles. The smallest absolute Gasteiger partial charge is 0.870 e. The van der Waals surface area contributed by atoms with Gasteiger partial charge in [-0.1, -0.05) is 0 Å². The van der Waals surface area contributed by atoms with Crippen LogP contribution in [0.1, 0.15) is 37.0 Å². The molecule has 0 atom stereocenters. The van der Waals surface area contributed by atoms with Crippen LogP contribution in [-0.2, 0) is 25.7 Å². The van der Waals surface area contributed by atoms with E-state index in [1.165, 1.54) is 25.1 Å². The monoisotopic (exact) mass is 537 g/mol. The number of alkyl halides is 2. The molecule has 0 saturated carbocycles. The summed E-state index contributed by atoms with van der Waals surface area (Å²) in [4.78, 5) is 16.9. The molecule has 0 aliphatic heterocycles. The Morgan fingerprint density at radius 3 is 2.58 bits per heavy atom. The molecule has 194 valence electrons. The van der Waals surface area contributed by atoms with E-state index in [9.17, 15) is 13.6 Å². The van der Waals surface area contributed by atoms with Crippen LogP contribution >= 0.6 is 0 Å². The summed E-state index contributed by atoms with van der Waals surface area (Å²) in [5.74, 6) is -2.88. The summed E-state index contributed by atoms with van der Waals surface area (Å²) in [6.45, 7) is 5.02. The quantitative estimate of drug-likeness (QED) is 0.218. The summed E-state index contributed by atoms with van der Waals surface area (Å²) in [6, 6.07) is 15.0. The van der Waals surface area contributed by atoms with Crippen molar-refractivity contribution in [3.63, 3.8) is 0 Å². The molecule has 0 fully saturated rings. The molecule has 0 spiro atoms. The number of methoxy groups -OCH3 is 1. The Morgan fingerprint density at radius 2 is 1.92 bits per heavy atom. The van der Waals surface area contributed by atoms with Crippen molar-refractivity contribution in [1.82, 2.24) is 10.3 Å². The summed E-state index contributed by atoms with van der Waals surface area (Å²) in [5, 5.41) is 5.57. The molecular formula is C27H27F2N3NiO3-2. The second-order valence-corrected chi connectivity index (χ2v) is 8.33. The maximum Gasteiger partial charge on any atom is -0.870 e. The van der Waals surface area contributed by atoms with E-state index in [-0.39, 0.29) is 23.1 Å². The van der Waals surface area contributed by atoms with Crippen LogP contribution < -0.4 is 15.4 Å². The Kier molecular flexibility index (Phi) is 10.0. The SMILES string of the molecule is CCC(F)(F)c1cccc(NC(=O)[C-]=C(C)N[C](=[Ni])c2ccc(OC)c(-c3ncccc3C)c2)c1.[OH-]. The molecule has 0 saturated heterocycles. The maximum atomic E-state index is 14.0. The van der Waals surface area contributed by atoms with Gasteiger partial charge in [-0.3, -0.25) is 0 Å². The van der Waals surface area contributed by atoms with Gasteiger partial charge in [-0.2, -0.15) is 0 Å². The van der Waals surface area contributed by atoms with Gasteiger partial charge in [0.2, 0.25) is 0 Å². The molecule has 2 aromatic carbocycles. The van der Waals surface area contributed by atoms with E-state index < -0.39 is 11.8 Å². The maximum absolute atomic E-state index is 14.0. The van der Waals surface area contributed by atoms with E-state index in [1.54, 1.807) is 26.3 Å².